The quantitative estimate of drug-likeness (QED) is 0.0732. The van der Waals surface area contributed by atoms with Gasteiger partial charge in [0.2, 0.25) is 11.6 Å². The van der Waals surface area contributed by atoms with Gasteiger partial charge in [-0.1, -0.05) is 26.8 Å². The smallest absolute Gasteiger partial charge is 0.407 e. The zero-order valence-electron chi connectivity index (χ0n) is 49.4. The number of aromatic hydroxyl groups is 2. The van der Waals surface area contributed by atoms with Gasteiger partial charge in [0.15, 0.2) is 22.8 Å². The molecule has 0 saturated heterocycles. The van der Waals surface area contributed by atoms with Crippen LogP contribution in [0.2, 0.25) is 0 Å². The van der Waals surface area contributed by atoms with Gasteiger partial charge in [-0.15, -0.1) is 6.58 Å². The highest BCUT2D eigenvalue weighted by Crippen LogP contribution is 2.56. The number of Topliss-reactive ketones (excluding diaryl/α,β-unsaturated/α-hetero) is 4. The molecule has 460 valence electrons. The first-order valence-electron chi connectivity index (χ1n) is 27.3. The number of nitrogens with two attached hydrogens (primary N) is 2. The summed E-state index contributed by atoms with van der Waals surface area (Å²) in [5.74, 6) is -14.4. The Hall–Kier alpha value is -8.46. The number of alkyl carbamates (subject to hydrolysis) is 2. The van der Waals surface area contributed by atoms with Crippen LogP contribution >= 0.6 is 0 Å². The number of ether oxygens (including phenoxy) is 2. The molecule has 26 heteroatoms. The molecule has 85 heavy (non-hydrogen) atoms. The van der Waals surface area contributed by atoms with E-state index in [1.54, 1.807) is 84.4 Å². The minimum absolute atomic E-state index is 0.0116. The summed E-state index contributed by atoms with van der Waals surface area (Å²) in [4.78, 5) is 110. The predicted molar refractivity (Wildman–Crippen MR) is 308 cm³/mol. The van der Waals surface area contributed by atoms with Crippen molar-refractivity contribution in [1.82, 2.24) is 20.4 Å². The van der Waals surface area contributed by atoms with E-state index in [9.17, 15) is 79.2 Å². The van der Waals surface area contributed by atoms with E-state index in [1.165, 1.54) is 9.80 Å². The van der Waals surface area contributed by atoms with Crippen LogP contribution < -0.4 is 31.9 Å². The molecule has 0 aliphatic heterocycles. The first-order valence-corrected chi connectivity index (χ1v) is 27.3. The van der Waals surface area contributed by atoms with E-state index in [0.717, 1.165) is 0 Å². The Morgan fingerprint density at radius 3 is 1.33 bits per heavy atom. The highest BCUT2D eigenvalue weighted by atomic mass is 16.6. The first-order chi connectivity index (χ1) is 39.5. The third-order valence-electron chi connectivity index (χ3n) is 16.6. The second kappa shape index (κ2) is 23.5. The summed E-state index contributed by atoms with van der Waals surface area (Å²) in [5.41, 5.74) is 5.37. The largest absolute Gasteiger partial charge is 0.508 e. The van der Waals surface area contributed by atoms with Crippen molar-refractivity contribution in [2.24, 2.45) is 40.6 Å². The molecule has 2 aromatic rings. The second-order valence-corrected chi connectivity index (χ2v) is 24.3. The minimum Gasteiger partial charge on any atom is -0.508 e. The van der Waals surface area contributed by atoms with Crippen LogP contribution in [0.3, 0.4) is 0 Å². The number of nitrogens with zero attached hydrogens (tertiary/aromatic N) is 4. The molecule has 6 aliphatic carbocycles. The number of fused-ring (bicyclic) bond motifs is 6. The highest BCUT2D eigenvalue weighted by molar-refractivity contribution is 6.25. The molecule has 26 nitrogen and oxygen atoms in total. The third-order valence-corrected chi connectivity index (χ3v) is 16.6. The molecule has 6 aliphatic rings. The van der Waals surface area contributed by atoms with Crippen molar-refractivity contribution >= 4 is 70.0 Å². The molecule has 0 bridgehead atoms. The van der Waals surface area contributed by atoms with Crippen molar-refractivity contribution in [3.63, 3.8) is 0 Å². The van der Waals surface area contributed by atoms with Crippen molar-refractivity contribution in [1.29, 1.82) is 0 Å². The number of aliphatic hydroxyl groups is 6. The lowest BCUT2D eigenvalue weighted by Crippen LogP contribution is -2.65. The summed E-state index contributed by atoms with van der Waals surface area (Å²) in [6.45, 7) is 9.23. The van der Waals surface area contributed by atoms with Crippen molar-refractivity contribution < 1.29 is 88.7 Å². The molecule has 0 heterocycles. The lowest BCUT2D eigenvalue weighted by molar-refractivity contribution is -0.155. The molecule has 8 rings (SSSR count). The number of amides is 4. The van der Waals surface area contributed by atoms with Gasteiger partial charge in [-0.05, 0) is 101 Å². The number of nitrogens with one attached hydrogen (secondary N) is 2. The van der Waals surface area contributed by atoms with Crippen LogP contribution in [0.5, 0.6) is 11.5 Å². The molecule has 0 spiro atoms. The van der Waals surface area contributed by atoms with Crippen molar-refractivity contribution in [3.8, 4) is 11.5 Å². The Morgan fingerprint density at radius 2 is 1.01 bits per heavy atom. The number of phenols is 2. The van der Waals surface area contributed by atoms with Crippen molar-refractivity contribution in [3.05, 3.63) is 92.0 Å². The van der Waals surface area contributed by atoms with E-state index in [0.29, 0.717) is 28.9 Å². The van der Waals surface area contributed by atoms with Gasteiger partial charge >= 0.3 is 12.2 Å². The zero-order chi connectivity index (χ0) is 63.6. The van der Waals surface area contributed by atoms with Gasteiger partial charge < -0.3 is 82.2 Å². The summed E-state index contributed by atoms with van der Waals surface area (Å²) in [7, 11) is 13.2. The first kappa shape index (κ1) is 64.1. The number of hydrogen-bond donors (Lipinski definition) is 12. The maximum Gasteiger partial charge on any atom is 0.407 e. The van der Waals surface area contributed by atoms with Gasteiger partial charge in [-0.2, -0.15) is 0 Å². The van der Waals surface area contributed by atoms with E-state index in [2.05, 4.69) is 17.2 Å². The lowest BCUT2D eigenvalue weighted by Gasteiger charge is -2.50. The average Bonchev–Trinajstić information content (AvgIpc) is 0.779. The molecule has 2 aromatic carbocycles. The topological polar surface area (TPSA) is 406 Å². The van der Waals surface area contributed by atoms with Gasteiger partial charge in [0.1, 0.15) is 45.7 Å². The standard InChI is InChI=1S/C30H40N4O9.C29H36N4O9/c1-29(2,3)12-43-28(41)32-11-14-10-17(33(4)5)15-8-13-9-16-21(34(6)7)24(37)20(27(31)40)26(39)30(16,42)25(38)18(13)23(36)19(15)22(14)35;1-6-7-8-42-28(40)31-12-14-11-17(32(2)3)15-9-13-10-16-21(33(4)5)24(36)20(27(30)39)26(38)29(16,41)25(37)18(13)23(35)19(15)22(14)34/h10,13,16,21,35-36,39,42H,8-9,11-12H2,1-7H3,(H2,31,40)(H,32,41);6,11,13,16,21,34-35,38,41H,1,7-10,12H2,2-5H3,(H2,30,39)(H,31,40)/t13-,16-,21-,30-;13-,16-,21-,29-/m00/s1. The number of likely N-dealkylation sites (N-methyl/N-ethyl adjacent to an activating group) is 2. The summed E-state index contributed by atoms with van der Waals surface area (Å²) >= 11 is 0. The number of aliphatic hydroxyl groups excluding tert-OH is 4. The predicted octanol–water partition coefficient (Wildman–Crippen LogP) is 2.13. The van der Waals surface area contributed by atoms with E-state index in [1.807, 2.05) is 20.8 Å². The number of anilines is 2. The van der Waals surface area contributed by atoms with Gasteiger partial charge in [-0.3, -0.25) is 38.6 Å². The molecular formula is C59H76N8O18. The Balaban J connectivity index is 0.000000244. The zero-order valence-corrected chi connectivity index (χ0v) is 49.4. The summed E-state index contributed by atoms with van der Waals surface area (Å²) in [5, 5.41) is 96.3. The fourth-order valence-electron chi connectivity index (χ4n) is 12.7. The van der Waals surface area contributed by atoms with E-state index in [4.69, 9.17) is 20.9 Å². The molecule has 0 aromatic heterocycles. The number of primary amides is 2. The molecule has 0 unspecified atom stereocenters. The number of rotatable bonds is 14. The molecule has 14 N–H and O–H groups in total. The summed E-state index contributed by atoms with van der Waals surface area (Å²) in [6.07, 6.45) is 0.893. The van der Waals surface area contributed by atoms with Crippen LogP contribution in [0.1, 0.15) is 73.4 Å². The second-order valence-electron chi connectivity index (χ2n) is 24.3. The van der Waals surface area contributed by atoms with Crippen LogP contribution in [0.25, 0.3) is 11.5 Å². The molecule has 4 amide bonds. The number of phenolic OH excluding ortho intramolecular Hbond substituents is 2. The van der Waals surface area contributed by atoms with Gasteiger partial charge in [0.25, 0.3) is 11.8 Å². The minimum atomic E-state index is -2.72. The SMILES string of the molecule is C=CCCOC(=O)NCc1cc(N(C)C)c2c(c1O)C(O)=C1C(=O)[C@]3(O)C(O)=C(C(N)=O)C(=O)[C@@H](N(C)C)[C@@H]3C[C@@H]1C2.CN(C)c1cc(CNC(=O)OCC(C)(C)C)c(O)c2c1C[C@H]1C[C@H]3[C@H](N(C)C)C(=O)C(C(N)=O)=C(O)[C@@]3(O)C(=O)C1=C2O. The Bertz CT molecular complexity index is 3350. The number of carbonyl (C=O) groups excluding carboxylic acids is 8. The third kappa shape index (κ3) is 11.0. The Kier molecular flexibility index (Phi) is 17.8. The summed E-state index contributed by atoms with van der Waals surface area (Å²) < 4.78 is 10.3. The fraction of sp³-hybridized carbons (Fsp3) is 0.492. The molecule has 8 atom stereocenters. The average molecular weight is 1190 g/mol. The number of benzene rings is 2. The van der Waals surface area contributed by atoms with Crippen LogP contribution in [0.15, 0.2) is 58.6 Å². The fourth-order valence-corrected chi connectivity index (χ4v) is 12.7. The molecule has 2 fully saturated rings. The molecule has 0 radical (unpaired) electrons. The van der Waals surface area contributed by atoms with Crippen molar-refractivity contribution in [2.45, 2.75) is 89.3 Å². The van der Waals surface area contributed by atoms with Crippen LogP contribution in [-0.2, 0) is 64.2 Å². The van der Waals surface area contributed by atoms with E-state index < -0.39 is 134 Å². The lowest BCUT2D eigenvalue weighted by atomic mass is 9.57. The Morgan fingerprint density at radius 1 is 0.647 bits per heavy atom. The highest BCUT2D eigenvalue weighted by Gasteiger charge is 2.66. The van der Waals surface area contributed by atoms with Gasteiger partial charge in [0.05, 0.1) is 36.4 Å². The molecular weight excluding hydrogens is 1110 g/mol. The summed E-state index contributed by atoms with van der Waals surface area (Å²) in [6, 6.07) is 0.991. The van der Waals surface area contributed by atoms with E-state index >= 15 is 0 Å². The van der Waals surface area contributed by atoms with Crippen LogP contribution in [-0.4, -0.2) is 191 Å². The number of ketones is 4. The Labute approximate surface area is 490 Å². The van der Waals surface area contributed by atoms with Gasteiger partial charge in [-0.25, -0.2) is 9.59 Å². The normalized spacial score (nSPS) is 25.2. The monoisotopic (exact) mass is 1180 g/mol. The number of carbonyl (C=O) groups is 8. The molecule has 2 saturated carbocycles. The van der Waals surface area contributed by atoms with Crippen LogP contribution in [0.4, 0.5) is 21.0 Å². The maximum atomic E-state index is 14.1. The van der Waals surface area contributed by atoms with Crippen molar-refractivity contribution in [2.75, 3.05) is 79.4 Å². The van der Waals surface area contributed by atoms with Gasteiger partial charge in [0, 0.05) is 86.8 Å². The number of hydrogen-bond acceptors (Lipinski definition) is 22. The van der Waals surface area contributed by atoms with E-state index in [-0.39, 0.29) is 96.6 Å². The maximum absolute atomic E-state index is 14.1. The van der Waals surface area contributed by atoms with Crippen LogP contribution in [0, 0.1) is 29.1 Å².